The van der Waals surface area contributed by atoms with Crippen LogP contribution in [0.2, 0.25) is 0 Å². The molecule has 0 saturated heterocycles. The summed E-state index contributed by atoms with van der Waals surface area (Å²) in [6, 6.07) is 14.1. The van der Waals surface area contributed by atoms with E-state index in [4.69, 9.17) is 10.2 Å². The van der Waals surface area contributed by atoms with Gasteiger partial charge in [0.15, 0.2) is 5.58 Å². The molecule has 3 heteroatoms. The van der Waals surface area contributed by atoms with Crippen molar-refractivity contribution < 1.29 is 4.42 Å². The van der Waals surface area contributed by atoms with Crippen LogP contribution >= 0.6 is 0 Å². The zero-order valence-corrected chi connectivity index (χ0v) is 10.9. The minimum atomic E-state index is 0.621. The molecule has 0 atom stereocenters. The predicted octanol–water partition coefficient (Wildman–Crippen LogP) is 3.30. The van der Waals surface area contributed by atoms with Crippen molar-refractivity contribution in [1.29, 1.82) is 0 Å². The van der Waals surface area contributed by atoms with Crippen molar-refractivity contribution in [2.45, 2.75) is 13.3 Å². The summed E-state index contributed by atoms with van der Waals surface area (Å²) in [4.78, 5) is 4.62. The Labute approximate surface area is 112 Å². The highest BCUT2D eigenvalue weighted by molar-refractivity contribution is 5.79. The Kier molecular flexibility index (Phi) is 3.05. The smallest absolute Gasteiger partial charge is 0.227 e. The number of aromatic nitrogens is 1. The maximum atomic E-state index is 5.87. The summed E-state index contributed by atoms with van der Waals surface area (Å²) in [6.45, 7) is 2.66. The zero-order chi connectivity index (χ0) is 13.2. The average Bonchev–Trinajstić information content (AvgIpc) is 2.85. The van der Waals surface area contributed by atoms with Gasteiger partial charge in [-0.05, 0) is 43.1 Å². The molecule has 0 aliphatic rings. The molecule has 1 aromatic heterocycles. The van der Waals surface area contributed by atoms with Crippen LogP contribution in [0.1, 0.15) is 11.1 Å². The van der Waals surface area contributed by atoms with E-state index in [-0.39, 0.29) is 0 Å². The van der Waals surface area contributed by atoms with Crippen LogP contribution in [0.4, 0.5) is 0 Å². The van der Waals surface area contributed by atoms with Crippen molar-refractivity contribution in [1.82, 2.24) is 4.98 Å². The van der Waals surface area contributed by atoms with E-state index < -0.39 is 0 Å². The molecule has 3 rings (SSSR count). The van der Waals surface area contributed by atoms with Gasteiger partial charge < -0.3 is 10.2 Å². The number of hydrogen-bond donors (Lipinski definition) is 1. The highest BCUT2D eigenvalue weighted by atomic mass is 16.3. The predicted molar refractivity (Wildman–Crippen MR) is 76.9 cm³/mol. The molecule has 1 heterocycles. The largest absolute Gasteiger partial charge is 0.436 e. The maximum Gasteiger partial charge on any atom is 0.227 e. The first kappa shape index (κ1) is 11.9. The Bertz CT molecular complexity index is 716. The summed E-state index contributed by atoms with van der Waals surface area (Å²) in [7, 11) is 0. The van der Waals surface area contributed by atoms with Crippen molar-refractivity contribution in [3.05, 3.63) is 53.6 Å². The summed E-state index contributed by atoms with van der Waals surface area (Å²) < 4.78 is 5.87. The lowest BCUT2D eigenvalue weighted by Crippen LogP contribution is -2.03. The number of fused-ring (bicyclic) bond motifs is 1. The van der Waals surface area contributed by atoms with E-state index in [2.05, 4.69) is 11.1 Å². The molecule has 2 aromatic carbocycles. The number of benzene rings is 2. The molecular weight excluding hydrogens is 236 g/mol. The van der Waals surface area contributed by atoms with Gasteiger partial charge in [-0.2, -0.15) is 0 Å². The molecule has 0 bridgehead atoms. The lowest BCUT2D eigenvalue weighted by atomic mass is 10.0. The minimum absolute atomic E-state index is 0.621. The number of para-hydroxylation sites is 1. The molecule has 0 aliphatic heterocycles. The third-order valence-corrected chi connectivity index (χ3v) is 3.28. The molecular formula is C16H16N2O. The number of nitrogens with two attached hydrogens (primary N) is 1. The fourth-order valence-electron chi connectivity index (χ4n) is 2.30. The van der Waals surface area contributed by atoms with Crippen LogP contribution in [0, 0.1) is 6.92 Å². The lowest BCUT2D eigenvalue weighted by molar-refractivity contribution is 0.618. The van der Waals surface area contributed by atoms with Crippen LogP contribution in [0.3, 0.4) is 0 Å². The number of aryl methyl sites for hydroxylation is 1. The van der Waals surface area contributed by atoms with Crippen LogP contribution in [-0.4, -0.2) is 11.5 Å². The monoisotopic (exact) mass is 252 g/mol. The summed E-state index contributed by atoms with van der Waals surface area (Å²) in [5, 5.41) is 0. The molecule has 0 fully saturated rings. The van der Waals surface area contributed by atoms with Crippen LogP contribution in [-0.2, 0) is 6.42 Å². The Hall–Kier alpha value is -2.13. The van der Waals surface area contributed by atoms with Gasteiger partial charge in [0.2, 0.25) is 5.89 Å². The molecule has 0 spiro atoms. The van der Waals surface area contributed by atoms with Crippen molar-refractivity contribution in [2.24, 2.45) is 5.73 Å². The summed E-state index contributed by atoms with van der Waals surface area (Å²) in [6.07, 6.45) is 0.827. The van der Waals surface area contributed by atoms with E-state index in [0.29, 0.717) is 12.4 Å². The van der Waals surface area contributed by atoms with Crippen LogP contribution in [0.5, 0.6) is 0 Å². The second kappa shape index (κ2) is 4.86. The molecule has 2 N–H and O–H groups in total. The van der Waals surface area contributed by atoms with Crippen molar-refractivity contribution in [3.63, 3.8) is 0 Å². The zero-order valence-electron chi connectivity index (χ0n) is 10.9. The maximum absolute atomic E-state index is 5.87. The summed E-state index contributed by atoms with van der Waals surface area (Å²) in [5.74, 6) is 0.674. The number of hydrogen-bond acceptors (Lipinski definition) is 3. The van der Waals surface area contributed by atoms with E-state index in [1.807, 2.05) is 43.3 Å². The van der Waals surface area contributed by atoms with Crippen molar-refractivity contribution >= 4 is 11.1 Å². The van der Waals surface area contributed by atoms with Gasteiger partial charge >= 0.3 is 0 Å². The first-order valence-electron chi connectivity index (χ1n) is 6.44. The van der Waals surface area contributed by atoms with Gasteiger partial charge in [-0.3, -0.25) is 0 Å². The molecule has 0 radical (unpaired) electrons. The van der Waals surface area contributed by atoms with E-state index >= 15 is 0 Å². The van der Waals surface area contributed by atoms with Gasteiger partial charge in [0, 0.05) is 5.56 Å². The summed E-state index contributed by atoms with van der Waals surface area (Å²) >= 11 is 0. The first-order chi connectivity index (χ1) is 9.29. The normalized spacial score (nSPS) is 11.1. The van der Waals surface area contributed by atoms with E-state index in [1.54, 1.807) is 0 Å². The van der Waals surface area contributed by atoms with Gasteiger partial charge in [-0.25, -0.2) is 4.98 Å². The van der Waals surface area contributed by atoms with E-state index in [0.717, 1.165) is 28.6 Å². The van der Waals surface area contributed by atoms with Gasteiger partial charge in [-0.15, -0.1) is 0 Å². The molecule has 0 unspecified atom stereocenters. The average molecular weight is 252 g/mol. The minimum Gasteiger partial charge on any atom is -0.436 e. The summed E-state index contributed by atoms with van der Waals surface area (Å²) in [5.41, 5.74) is 10.8. The molecule has 3 aromatic rings. The molecule has 19 heavy (non-hydrogen) atoms. The quantitative estimate of drug-likeness (QED) is 0.778. The second-order valence-corrected chi connectivity index (χ2v) is 4.64. The van der Waals surface area contributed by atoms with E-state index in [1.165, 1.54) is 5.56 Å². The van der Waals surface area contributed by atoms with Crippen LogP contribution in [0.25, 0.3) is 22.6 Å². The SMILES string of the molecule is Cc1cccc2oc(-c3ccccc3CCN)nc12. The molecule has 0 amide bonds. The van der Waals surface area contributed by atoms with Crippen molar-refractivity contribution in [2.75, 3.05) is 6.54 Å². The molecule has 0 aliphatic carbocycles. The third-order valence-electron chi connectivity index (χ3n) is 3.28. The highest BCUT2D eigenvalue weighted by Gasteiger charge is 2.12. The Morgan fingerprint density at radius 1 is 1.11 bits per heavy atom. The van der Waals surface area contributed by atoms with Crippen LogP contribution < -0.4 is 5.73 Å². The Morgan fingerprint density at radius 3 is 2.74 bits per heavy atom. The van der Waals surface area contributed by atoms with Gasteiger partial charge in [0.1, 0.15) is 5.52 Å². The van der Waals surface area contributed by atoms with Gasteiger partial charge in [0.25, 0.3) is 0 Å². The second-order valence-electron chi connectivity index (χ2n) is 4.64. The standard InChI is InChI=1S/C16H16N2O/c1-11-5-4-8-14-15(11)18-16(19-14)13-7-3-2-6-12(13)9-10-17/h2-8H,9-10,17H2,1H3. The molecule has 3 nitrogen and oxygen atoms in total. The number of rotatable bonds is 3. The van der Waals surface area contributed by atoms with Crippen molar-refractivity contribution in [3.8, 4) is 11.5 Å². The Balaban J connectivity index is 2.17. The fraction of sp³-hybridized carbons (Fsp3) is 0.188. The first-order valence-corrected chi connectivity index (χ1v) is 6.44. The lowest BCUT2D eigenvalue weighted by Gasteiger charge is -2.04. The molecule has 0 saturated carbocycles. The van der Waals surface area contributed by atoms with Crippen LogP contribution in [0.15, 0.2) is 46.9 Å². The van der Waals surface area contributed by atoms with Gasteiger partial charge in [-0.1, -0.05) is 30.3 Å². The number of nitrogens with zero attached hydrogens (tertiary/aromatic N) is 1. The number of oxazole rings is 1. The van der Waals surface area contributed by atoms with Gasteiger partial charge in [0.05, 0.1) is 0 Å². The molecule has 96 valence electrons. The fourth-order valence-corrected chi connectivity index (χ4v) is 2.30. The van der Waals surface area contributed by atoms with E-state index in [9.17, 15) is 0 Å². The Morgan fingerprint density at radius 2 is 1.95 bits per heavy atom. The highest BCUT2D eigenvalue weighted by Crippen LogP contribution is 2.28. The topological polar surface area (TPSA) is 52.0 Å². The third kappa shape index (κ3) is 2.13.